The molecule has 2 aliphatic heterocycles. The molecular formula is C15H26N4O. The molecule has 2 saturated heterocycles. The molecule has 20 heavy (non-hydrogen) atoms. The Morgan fingerprint density at radius 2 is 2.25 bits per heavy atom. The third-order valence-electron chi connectivity index (χ3n) is 4.57. The van der Waals surface area contributed by atoms with Crippen molar-refractivity contribution in [2.24, 2.45) is 0 Å². The van der Waals surface area contributed by atoms with E-state index in [1.807, 2.05) is 0 Å². The fourth-order valence-corrected chi connectivity index (χ4v) is 3.77. The highest BCUT2D eigenvalue weighted by molar-refractivity contribution is 5.31. The van der Waals surface area contributed by atoms with E-state index in [1.54, 1.807) is 7.11 Å². The highest BCUT2D eigenvalue weighted by Crippen LogP contribution is 2.37. The van der Waals surface area contributed by atoms with Crippen LogP contribution in [0.1, 0.15) is 37.9 Å². The van der Waals surface area contributed by atoms with Gasteiger partial charge in [0.25, 0.3) is 0 Å². The molecule has 2 fully saturated rings. The summed E-state index contributed by atoms with van der Waals surface area (Å²) in [6, 6.07) is 1.57. The van der Waals surface area contributed by atoms with Crippen molar-refractivity contribution in [2.45, 2.75) is 51.2 Å². The molecule has 1 aromatic heterocycles. The van der Waals surface area contributed by atoms with Gasteiger partial charge >= 0.3 is 0 Å². The van der Waals surface area contributed by atoms with Crippen LogP contribution < -0.4 is 5.32 Å². The lowest BCUT2D eigenvalue weighted by Crippen LogP contribution is -2.29. The maximum atomic E-state index is 5.21. The second-order valence-corrected chi connectivity index (χ2v) is 6.22. The molecule has 3 heterocycles. The van der Waals surface area contributed by atoms with Crippen LogP contribution in [0.2, 0.25) is 0 Å². The van der Waals surface area contributed by atoms with E-state index < -0.39 is 0 Å². The summed E-state index contributed by atoms with van der Waals surface area (Å²) in [4.78, 5) is 7.31. The summed E-state index contributed by atoms with van der Waals surface area (Å²) in [5.74, 6) is 1.01. The van der Waals surface area contributed by atoms with Crippen LogP contribution in [0.5, 0.6) is 0 Å². The fraction of sp³-hybridized carbons (Fsp3) is 0.800. The van der Waals surface area contributed by atoms with Gasteiger partial charge in [0.05, 0.1) is 18.3 Å². The van der Waals surface area contributed by atoms with Gasteiger partial charge in [-0.2, -0.15) is 0 Å². The van der Waals surface area contributed by atoms with Crippen molar-refractivity contribution < 1.29 is 4.74 Å². The molecule has 3 atom stereocenters. The Morgan fingerprint density at radius 1 is 1.40 bits per heavy atom. The number of fused-ring (bicyclic) bond motifs is 1. The average molecular weight is 278 g/mol. The Bertz CT molecular complexity index is 459. The van der Waals surface area contributed by atoms with Crippen LogP contribution in [0, 0.1) is 6.92 Å². The molecule has 112 valence electrons. The van der Waals surface area contributed by atoms with Crippen LogP contribution in [0.3, 0.4) is 0 Å². The first-order valence-corrected chi connectivity index (χ1v) is 7.74. The van der Waals surface area contributed by atoms with Crippen molar-refractivity contribution in [1.82, 2.24) is 14.5 Å². The van der Waals surface area contributed by atoms with Crippen LogP contribution in [0.4, 0.5) is 5.95 Å². The number of anilines is 1. The molecule has 1 aromatic rings. The number of aromatic nitrogens is 2. The Labute approximate surface area is 121 Å². The highest BCUT2D eigenvalue weighted by atomic mass is 16.5. The van der Waals surface area contributed by atoms with Crippen LogP contribution in [0.25, 0.3) is 0 Å². The summed E-state index contributed by atoms with van der Waals surface area (Å²) in [6.45, 7) is 7.42. The summed E-state index contributed by atoms with van der Waals surface area (Å²) >= 11 is 0. The molecule has 5 heteroatoms. The van der Waals surface area contributed by atoms with Gasteiger partial charge in [-0.3, -0.25) is 4.90 Å². The lowest BCUT2D eigenvalue weighted by atomic mass is 10.1. The minimum Gasteiger partial charge on any atom is -0.383 e. The van der Waals surface area contributed by atoms with Gasteiger partial charge in [-0.05, 0) is 39.7 Å². The molecule has 0 radical (unpaired) electrons. The van der Waals surface area contributed by atoms with Crippen molar-refractivity contribution in [2.75, 3.05) is 32.1 Å². The van der Waals surface area contributed by atoms with E-state index in [4.69, 9.17) is 4.74 Å². The van der Waals surface area contributed by atoms with E-state index in [-0.39, 0.29) is 6.04 Å². The van der Waals surface area contributed by atoms with E-state index >= 15 is 0 Å². The molecule has 0 aromatic carbocycles. The summed E-state index contributed by atoms with van der Waals surface area (Å²) < 4.78 is 7.58. The van der Waals surface area contributed by atoms with Gasteiger partial charge in [0.2, 0.25) is 5.95 Å². The number of methoxy groups -OCH3 is 1. The molecule has 0 bridgehead atoms. The Kier molecular flexibility index (Phi) is 3.98. The van der Waals surface area contributed by atoms with Gasteiger partial charge in [-0.1, -0.05) is 0 Å². The van der Waals surface area contributed by atoms with E-state index in [2.05, 4.69) is 39.8 Å². The molecule has 0 amide bonds. The predicted octanol–water partition coefficient (Wildman–Crippen LogP) is 2.05. The van der Waals surface area contributed by atoms with E-state index in [0.29, 0.717) is 18.7 Å². The van der Waals surface area contributed by atoms with Crippen molar-refractivity contribution in [3.05, 3.63) is 11.9 Å². The van der Waals surface area contributed by atoms with Crippen molar-refractivity contribution in [3.8, 4) is 0 Å². The SMILES string of the molecule is COCC(C)Nc1nc(C)cn1C1CCN2CCCC12. The summed E-state index contributed by atoms with van der Waals surface area (Å²) in [6.07, 6.45) is 6.12. The zero-order valence-corrected chi connectivity index (χ0v) is 12.8. The molecule has 3 rings (SSSR count). The van der Waals surface area contributed by atoms with Crippen molar-refractivity contribution >= 4 is 5.95 Å². The van der Waals surface area contributed by atoms with Gasteiger partial charge in [-0.25, -0.2) is 4.98 Å². The quantitative estimate of drug-likeness (QED) is 0.895. The predicted molar refractivity (Wildman–Crippen MR) is 80.2 cm³/mol. The molecule has 0 aliphatic carbocycles. The lowest BCUT2D eigenvalue weighted by molar-refractivity contribution is 0.190. The molecular weight excluding hydrogens is 252 g/mol. The normalized spacial score (nSPS) is 27.8. The minimum atomic E-state index is 0.279. The number of hydrogen-bond donors (Lipinski definition) is 1. The maximum absolute atomic E-state index is 5.21. The zero-order chi connectivity index (χ0) is 14.1. The Morgan fingerprint density at radius 3 is 3.05 bits per heavy atom. The lowest BCUT2D eigenvalue weighted by Gasteiger charge is -2.24. The summed E-state index contributed by atoms with van der Waals surface area (Å²) in [5.41, 5.74) is 1.09. The second-order valence-electron chi connectivity index (χ2n) is 6.22. The van der Waals surface area contributed by atoms with E-state index in [1.165, 1.54) is 32.4 Å². The average Bonchev–Trinajstić information content (AvgIpc) is 3.04. The second kappa shape index (κ2) is 5.74. The highest BCUT2D eigenvalue weighted by Gasteiger charge is 2.39. The summed E-state index contributed by atoms with van der Waals surface area (Å²) in [7, 11) is 1.74. The largest absolute Gasteiger partial charge is 0.383 e. The van der Waals surface area contributed by atoms with E-state index in [0.717, 1.165) is 11.6 Å². The van der Waals surface area contributed by atoms with E-state index in [9.17, 15) is 0 Å². The first kappa shape index (κ1) is 13.9. The summed E-state index contributed by atoms with van der Waals surface area (Å²) in [5, 5.41) is 3.50. The maximum Gasteiger partial charge on any atom is 0.203 e. The number of ether oxygens (including phenoxy) is 1. The van der Waals surface area contributed by atoms with Gasteiger partial charge in [0, 0.05) is 31.9 Å². The third-order valence-corrected chi connectivity index (χ3v) is 4.57. The molecule has 5 nitrogen and oxygen atoms in total. The standard InChI is InChI=1S/C15H26N4O/c1-11-9-19(15(16-11)17-12(2)10-20-3)14-6-8-18-7-4-5-13(14)18/h9,12-14H,4-8,10H2,1-3H3,(H,16,17). The number of aryl methyl sites for hydroxylation is 1. The van der Waals surface area contributed by atoms with Crippen LogP contribution >= 0.6 is 0 Å². The van der Waals surface area contributed by atoms with Gasteiger partial charge in [0.15, 0.2) is 0 Å². The van der Waals surface area contributed by atoms with Gasteiger partial charge in [0.1, 0.15) is 0 Å². The Balaban J connectivity index is 1.79. The van der Waals surface area contributed by atoms with Crippen molar-refractivity contribution in [3.63, 3.8) is 0 Å². The Hall–Kier alpha value is -1.07. The third kappa shape index (κ3) is 2.56. The first-order chi connectivity index (χ1) is 9.69. The van der Waals surface area contributed by atoms with Gasteiger partial charge in [-0.15, -0.1) is 0 Å². The topological polar surface area (TPSA) is 42.3 Å². The number of hydrogen-bond acceptors (Lipinski definition) is 4. The molecule has 2 aliphatic rings. The molecule has 1 N–H and O–H groups in total. The minimum absolute atomic E-state index is 0.279. The smallest absolute Gasteiger partial charge is 0.203 e. The molecule has 3 unspecified atom stereocenters. The first-order valence-electron chi connectivity index (χ1n) is 7.74. The molecule has 0 saturated carbocycles. The van der Waals surface area contributed by atoms with Crippen LogP contribution in [-0.4, -0.2) is 53.3 Å². The van der Waals surface area contributed by atoms with Gasteiger partial charge < -0.3 is 14.6 Å². The number of imidazole rings is 1. The van der Waals surface area contributed by atoms with Crippen molar-refractivity contribution in [1.29, 1.82) is 0 Å². The monoisotopic (exact) mass is 278 g/mol. The van der Waals surface area contributed by atoms with Crippen LogP contribution in [0.15, 0.2) is 6.20 Å². The number of nitrogens with zero attached hydrogens (tertiary/aromatic N) is 3. The fourth-order valence-electron chi connectivity index (χ4n) is 3.77. The zero-order valence-electron chi connectivity index (χ0n) is 12.8. The molecule has 0 spiro atoms. The number of nitrogens with one attached hydrogen (secondary N) is 1. The van der Waals surface area contributed by atoms with Crippen LogP contribution in [-0.2, 0) is 4.74 Å². The number of rotatable bonds is 5.